The van der Waals surface area contributed by atoms with Gasteiger partial charge < -0.3 is 0 Å². The summed E-state index contributed by atoms with van der Waals surface area (Å²) in [7, 11) is 0. The lowest BCUT2D eigenvalue weighted by Gasteiger charge is -2.05. The summed E-state index contributed by atoms with van der Waals surface area (Å²) >= 11 is 0. The van der Waals surface area contributed by atoms with E-state index in [0.29, 0.717) is 5.57 Å². The van der Waals surface area contributed by atoms with Gasteiger partial charge in [-0.25, -0.2) is 4.39 Å². The molecule has 0 aromatic carbocycles. The first-order valence-corrected chi connectivity index (χ1v) is 3.58. The van der Waals surface area contributed by atoms with E-state index >= 15 is 0 Å². The third kappa shape index (κ3) is 3.71. The van der Waals surface area contributed by atoms with Crippen LogP contribution in [-0.2, 0) is 0 Å². The van der Waals surface area contributed by atoms with Crippen LogP contribution >= 0.6 is 0 Å². The summed E-state index contributed by atoms with van der Waals surface area (Å²) in [5.41, 5.74) is 0.678. The molecule has 11 heavy (non-hydrogen) atoms. The van der Waals surface area contributed by atoms with E-state index in [1.165, 1.54) is 13.1 Å². The molecule has 0 spiro atoms. The lowest BCUT2D eigenvalue weighted by Crippen LogP contribution is -1.91. The normalized spacial score (nSPS) is 13.9. The number of hydrogen-bond acceptors (Lipinski definition) is 1. The molecule has 0 atom stereocenters. The molecule has 0 amide bonds. The van der Waals surface area contributed by atoms with Gasteiger partial charge in [-0.05, 0) is 31.2 Å². The second kappa shape index (κ2) is 4.83. The standard InChI is InChI=1S/C9H14FN/c1-7(2)9(8(3)10)5-6-11-4/h5-7H,4H2,1-3H3/b6-5-,9-8-. The smallest absolute Gasteiger partial charge is 0.100 e. The molecular formula is C9H14FN. The summed E-state index contributed by atoms with van der Waals surface area (Å²) in [5, 5.41) is 0. The highest BCUT2D eigenvalue weighted by Gasteiger charge is 2.02. The number of nitrogens with zero attached hydrogens (tertiary/aromatic N) is 1. The van der Waals surface area contributed by atoms with Gasteiger partial charge in [-0.3, -0.25) is 4.99 Å². The monoisotopic (exact) mass is 155 g/mol. The van der Waals surface area contributed by atoms with Crippen molar-refractivity contribution in [1.29, 1.82) is 0 Å². The first-order valence-electron chi connectivity index (χ1n) is 3.58. The molecule has 0 aromatic rings. The fourth-order valence-electron chi connectivity index (χ4n) is 0.838. The van der Waals surface area contributed by atoms with Gasteiger partial charge in [-0.2, -0.15) is 0 Å². The number of hydrogen-bond donors (Lipinski definition) is 0. The summed E-state index contributed by atoms with van der Waals surface area (Å²) in [6, 6.07) is 0. The molecule has 0 aliphatic carbocycles. The van der Waals surface area contributed by atoms with E-state index in [4.69, 9.17) is 0 Å². The van der Waals surface area contributed by atoms with E-state index in [1.54, 1.807) is 6.08 Å². The second-order valence-corrected chi connectivity index (χ2v) is 2.64. The summed E-state index contributed by atoms with van der Waals surface area (Å²) in [6.07, 6.45) is 3.14. The Morgan fingerprint density at radius 2 is 2.09 bits per heavy atom. The maximum absolute atomic E-state index is 12.7. The minimum atomic E-state index is -0.153. The summed E-state index contributed by atoms with van der Waals surface area (Å²) < 4.78 is 12.7. The Labute approximate surface area is 67.3 Å². The fourth-order valence-corrected chi connectivity index (χ4v) is 0.838. The summed E-state index contributed by atoms with van der Waals surface area (Å²) in [5.74, 6) is 0.0397. The zero-order valence-electron chi connectivity index (χ0n) is 7.26. The van der Waals surface area contributed by atoms with Crippen molar-refractivity contribution < 1.29 is 4.39 Å². The minimum Gasteiger partial charge on any atom is -0.273 e. The van der Waals surface area contributed by atoms with Gasteiger partial charge in [-0.15, -0.1) is 0 Å². The van der Waals surface area contributed by atoms with Crippen LogP contribution in [0.4, 0.5) is 4.39 Å². The fraction of sp³-hybridized carbons (Fsp3) is 0.444. The Balaban J connectivity index is 4.50. The number of aliphatic imine (C=N–C) groups is 1. The Bertz CT molecular complexity index is 186. The average molecular weight is 155 g/mol. The average Bonchev–Trinajstić information content (AvgIpc) is 1.87. The maximum atomic E-state index is 12.7. The first-order chi connectivity index (χ1) is 5.09. The molecule has 1 nitrogen and oxygen atoms in total. The van der Waals surface area contributed by atoms with Crippen LogP contribution in [-0.4, -0.2) is 6.72 Å². The van der Waals surface area contributed by atoms with E-state index < -0.39 is 0 Å². The minimum absolute atomic E-state index is 0.153. The van der Waals surface area contributed by atoms with Crippen molar-refractivity contribution >= 4 is 6.72 Å². The van der Waals surface area contributed by atoms with Crippen LogP contribution in [0.1, 0.15) is 20.8 Å². The van der Waals surface area contributed by atoms with Crippen LogP contribution in [0.25, 0.3) is 0 Å². The molecule has 0 saturated carbocycles. The molecular weight excluding hydrogens is 141 g/mol. The van der Waals surface area contributed by atoms with Gasteiger partial charge in [0.2, 0.25) is 0 Å². The lowest BCUT2D eigenvalue weighted by molar-refractivity contribution is 0.605. The zero-order valence-corrected chi connectivity index (χ0v) is 7.26. The van der Waals surface area contributed by atoms with Crippen molar-refractivity contribution in [3.63, 3.8) is 0 Å². The van der Waals surface area contributed by atoms with Crippen LogP contribution in [0.5, 0.6) is 0 Å². The van der Waals surface area contributed by atoms with Crippen LogP contribution in [0.3, 0.4) is 0 Å². The van der Waals surface area contributed by atoms with Crippen molar-refractivity contribution in [3.8, 4) is 0 Å². The summed E-state index contributed by atoms with van der Waals surface area (Å²) in [4.78, 5) is 3.51. The van der Waals surface area contributed by atoms with Crippen LogP contribution in [0.15, 0.2) is 28.7 Å². The second-order valence-electron chi connectivity index (χ2n) is 2.64. The Morgan fingerprint density at radius 3 is 2.36 bits per heavy atom. The van der Waals surface area contributed by atoms with E-state index in [9.17, 15) is 4.39 Å². The van der Waals surface area contributed by atoms with Gasteiger partial charge in [0, 0.05) is 6.20 Å². The van der Waals surface area contributed by atoms with Gasteiger partial charge in [0.1, 0.15) is 5.83 Å². The third-order valence-electron chi connectivity index (χ3n) is 1.38. The molecule has 2 heteroatoms. The molecule has 0 bridgehead atoms. The van der Waals surface area contributed by atoms with E-state index in [2.05, 4.69) is 11.7 Å². The largest absolute Gasteiger partial charge is 0.273 e. The van der Waals surface area contributed by atoms with Gasteiger partial charge >= 0.3 is 0 Å². The highest BCUT2D eigenvalue weighted by Crippen LogP contribution is 2.16. The molecule has 0 aliphatic rings. The Hall–Kier alpha value is -0.920. The zero-order chi connectivity index (χ0) is 8.85. The van der Waals surface area contributed by atoms with Crippen molar-refractivity contribution in [3.05, 3.63) is 23.7 Å². The van der Waals surface area contributed by atoms with Crippen molar-refractivity contribution in [2.45, 2.75) is 20.8 Å². The third-order valence-corrected chi connectivity index (χ3v) is 1.38. The van der Waals surface area contributed by atoms with Crippen LogP contribution in [0, 0.1) is 5.92 Å². The van der Waals surface area contributed by atoms with Gasteiger partial charge in [0.15, 0.2) is 0 Å². The van der Waals surface area contributed by atoms with E-state index in [1.807, 2.05) is 13.8 Å². The predicted octanol–water partition coefficient (Wildman–Crippen LogP) is 3.10. The molecule has 0 aromatic heterocycles. The van der Waals surface area contributed by atoms with Gasteiger partial charge in [0.25, 0.3) is 0 Å². The van der Waals surface area contributed by atoms with Gasteiger partial charge in [-0.1, -0.05) is 13.8 Å². The van der Waals surface area contributed by atoms with E-state index in [-0.39, 0.29) is 11.7 Å². The highest BCUT2D eigenvalue weighted by atomic mass is 19.1. The van der Waals surface area contributed by atoms with Gasteiger partial charge in [0.05, 0.1) is 0 Å². The topological polar surface area (TPSA) is 12.4 Å². The van der Waals surface area contributed by atoms with Crippen molar-refractivity contribution in [2.24, 2.45) is 10.9 Å². The molecule has 0 saturated heterocycles. The lowest BCUT2D eigenvalue weighted by atomic mass is 10.0. The Kier molecular flexibility index (Phi) is 4.42. The molecule has 62 valence electrons. The SMILES string of the molecule is C=N/C=C\C(=C(/C)F)C(C)C. The number of halogens is 1. The molecule has 0 heterocycles. The Morgan fingerprint density at radius 1 is 1.55 bits per heavy atom. The number of allylic oxidation sites excluding steroid dienone is 3. The molecule has 0 rings (SSSR count). The van der Waals surface area contributed by atoms with Crippen LogP contribution in [0.2, 0.25) is 0 Å². The van der Waals surface area contributed by atoms with E-state index in [0.717, 1.165) is 0 Å². The molecule has 0 fully saturated rings. The molecule has 0 unspecified atom stereocenters. The maximum Gasteiger partial charge on any atom is 0.100 e. The number of rotatable bonds is 3. The quantitative estimate of drug-likeness (QED) is 0.438. The molecule has 0 aliphatic heterocycles. The predicted molar refractivity (Wildman–Crippen MR) is 47.3 cm³/mol. The molecule has 0 radical (unpaired) electrons. The first kappa shape index (κ1) is 10.1. The summed E-state index contributed by atoms with van der Waals surface area (Å²) in [6.45, 7) is 8.59. The van der Waals surface area contributed by atoms with Crippen molar-refractivity contribution in [1.82, 2.24) is 0 Å². The van der Waals surface area contributed by atoms with Crippen LogP contribution < -0.4 is 0 Å². The molecule has 0 N–H and O–H groups in total. The highest BCUT2D eigenvalue weighted by molar-refractivity contribution is 5.29. The van der Waals surface area contributed by atoms with Crippen molar-refractivity contribution in [2.75, 3.05) is 0 Å².